The molecule has 1 rings (SSSR count). The van der Waals surface area contributed by atoms with Crippen LogP contribution in [0.25, 0.3) is 0 Å². The van der Waals surface area contributed by atoms with Gasteiger partial charge < -0.3 is 25.4 Å². The smallest absolute Gasteiger partial charge is 0.227 e. The monoisotopic (exact) mass is 534 g/mol. The summed E-state index contributed by atoms with van der Waals surface area (Å²) in [5, 5.41) is 9.39. The van der Waals surface area contributed by atoms with Gasteiger partial charge in [-0.3, -0.25) is 4.79 Å². The van der Waals surface area contributed by atoms with Gasteiger partial charge in [0, 0.05) is 31.8 Å². The Kier molecular flexibility index (Phi) is 14.5. The van der Waals surface area contributed by atoms with Crippen LogP contribution in [0, 0.1) is 12.3 Å². The van der Waals surface area contributed by atoms with Crippen LogP contribution in [0.3, 0.4) is 0 Å². The molecular formula is C22H39IN4O3. The Morgan fingerprint density at radius 1 is 1.07 bits per heavy atom. The van der Waals surface area contributed by atoms with Crippen molar-refractivity contribution in [1.82, 2.24) is 16.0 Å². The van der Waals surface area contributed by atoms with Crippen molar-refractivity contribution >= 4 is 35.8 Å². The highest BCUT2D eigenvalue weighted by Gasteiger charge is 2.27. The van der Waals surface area contributed by atoms with Crippen LogP contribution in [0.2, 0.25) is 0 Å². The molecule has 1 aromatic rings. The molecule has 0 saturated heterocycles. The summed E-state index contributed by atoms with van der Waals surface area (Å²) in [6.45, 7) is 15.8. The lowest BCUT2D eigenvalue weighted by Crippen LogP contribution is -2.47. The van der Waals surface area contributed by atoms with Crippen molar-refractivity contribution in [1.29, 1.82) is 0 Å². The van der Waals surface area contributed by atoms with E-state index in [0.29, 0.717) is 45.4 Å². The number of amides is 1. The Morgan fingerprint density at radius 3 is 2.40 bits per heavy atom. The lowest BCUT2D eigenvalue weighted by Gasteiger charge is -2.25. The first kappa shape index (κ1) is 28.5. The van der Waals surface area contributed by atoms with E-state index in [-0.39, 0.29) is 29.9 Å². The SMILES string of the molecule is CCNC(=O)C(C)(C)CNC(=NCc1ccc(C)cc1OCCOCC)NCC.I. The summed E-state index contributed by atoms with van der Waals surface area (Å²) in [6.07, 6.45) is 0. The number of aliphatic imine (C=N–C) groups is 1. The fraction of sp³-hybridized carbons (Fsp3) is 0.636. The largest absolute Gasteiger partial charge is 0.491 e. The molecule has 0 aliphatic carbocycles. The van der Waals surface area contributed by atoms with Gasteiger partial charge in [-0.2, -0.15) is 0 Å². The second-order valence-electron chi connectivity index (χ2n) is 7.45. The van der Waals surface area contributed by atoms with E-state index in [1.165, 1.54) is 0 Å². The van der Waals surface area contributed by atoms with Crippen LogP contribution in [0.1, 0.15) is 45.7 Å². The van der Waals surface area contributed by atoms with Gasteiger partial charge in [-0.25, -0.2) is 4.99 Å². The standard InChI is InChI=1S/C22H38N4O3.HI/c1-7-23-20(27)22(5,6)16-26-21(24-8-2)25-15-18-11-10-17(4)14-19(18)29-13-12-28-9-3;/h10-11,14H,7-9,12-13,15-16H2,1-6H3,(H,23,27)(H2,24,25,26);1H. The Hall–Kier alpha value is -1.55. The van der Waals surface area contributed by atoms with Crippen molar-refractivity contribution < 1.29 is 14.3 Å². The number of carbonyl (C=O) groups excluding carboxylic acids is 1. The minimum atomic E-state index is -0.538. The minimum Gasteiger partial charge on any atom is -0.491 e. The molecule has 0 radical (unpaired) electrons. The van der Waals surface area contributed by atoms with Crippen molar-refractivity contribution in [2.75, 3.05) is 39.5 Å². The number of guanidine groups is 1. The third-order valence-corrected chi connectivity index (χ3v) is 4.31. The summed E-state index contributed by atoms with van der Waals surface area (Å²) >= 11 is 0. The van der Waals surface area contributed by atoms with Crippen molar-refractivity contribution in [3.63, 3.8) is 0 Å². The van der Waals surface area contributed by atoms with Crippen LogP contribution in [-0.4, -0.2) is 51.3 Å². The molecule has 3 N–H and O–H groups in total. The van der Waals surface area contributed by atoms with Gasteiger partial charge in [-0.15, -0.1) is 24.0 Å². The maximum atomic E-state index is 12.2. The van der Waals surface area contributed by atoms with Gasteiger partial charge in [-0.05, 0) is 53.2 Å². The normalized spacial score (nSPS) is 11.5. The number of hydrogen-bond acceptors (Lipinski definition) is 4. The second kappa shape index (κ2) is 15.3. The molecule has 0 spiro atoms. The molecule has 1 aromatic carbocycles. The Bertz CT molecular complexity index is 666. The maximum absolute atomic E-state index is 12.2. The first-order chi connectivity index (χ1) is 13.8. The maximum Gasteiger partial charge on any atom is 0.227 e. The molecule has 1 amide bonds. The van der Waals surface area contributed by atoms with Crippen LogP contribution >= 0.6 is 24.0 Å². The molecule has 7 nitrogen and oxygen atoms in total. The molecule has 172 valence electrons. The fourth-order valence-electron chi connectivity index (χ4n) is 2.57. The molecule has 0 heterocycles. The lowest BCUT2D eigenvalue weighted by molar-refractivity contribution is -0.128. The lowest BCUT2D eigenvalue weighted by atomic mass is 9.92. The number of aryl methyl sites for hydroxylation is 1. The van der Waals surface area contributed by atoms with Crippen molar-refractivity contribution in [2.45, 2.75) is 48.1 Å². The van der Waals surface area contributed by atoms with Crippen LogP contribution < -0.4 is 20.7 Å². The first-order valence-corrected chi connectivity index (χ1v) is 10.4. The molecule has 0 aromatic heterocycles. The predicted molar refractivity (Wildman–Crippen MR) is 134 cm³/mol. The molecule has 0 saturated carbocycles. The summed E-state index contributed by atoms with van der Waals surface area (Å²) < 4.78 is 11.2. The molecule has 8 heteroatoms. The Balaban J connectivity index is 0.00000841. The summed E-state index contributed by atoms with van der Waals surface area (Å²) in [7, 11) is 0. The average Bonchev–Trinajstić information content (AvgIpc) is 2.68. The number of hydrogen-bond donors (Lipinski definition) is 3. The zero-order valence-corrected chi connectivity index (χ0v) is 21.6. The summed E-state index contributed by atoms with van der Waals surface area (Å²) in [5.74, 6) is 1.52. The number of rotatable bonds is 12. The van der Waals surface area contributed by atoms with E-state index in [2.05, 4.69) is 27.0 Å². The zero-order chi connectivity index (χ0) is 21.7. The molecule has 0 aliphatic rings. The number of ether oxygens (including phenoxy) is 2. The molecule has 30 heavy (non-hydrogen) atoms. The van der Waals surface area contributed by atoms with Gasteiger partial charge in [0.25, 0.3) is 0 Å². The molecule has 0 atom stereocenters. The third kappa shape index (κ3) is 10.5. The van der Waals surface area contributed by atoms with Gasteiger partial charge in [0.15, 0.2) is 5.96 Å². The van der Waals surface area contributed by atoms with E-state index < -0.39 is 5.41 Å². The molecule has 0 bridgehead atoms. The van der Waals surface area contributed by atoms with Crippen LogP contribution in [0.4, 0.5) is 0 Å². The quantitative estimate of drug-likeness (QED) is 0.166. The topological polar surface area (TPSA) is 84.0 Å². The first-order valence-electron chi connectivity index (χ1n) is 10.4. The van der Waals surface area contributed by atoms with Gasteiger partial charge in [-0.1, -0.05) is 12.1 Å². The van der Waals surface area contributed by atoms with Crippen molar-refractivity contribution in [2.24, 2.45) is 10.4 Å². The number of benzene rings is 1. The van der Waals surface area contributed by atoms with E-state index in [1.54, 1.807) is 0 Å². The summed E-state index contributed by atoms with van der Waals surface area (Å²) in [5.41, 5.74) is 1.61. The number of carbonyl (C=O) groups is 1. The van der Waals surface area contributed by atoms with Crippen molar-refractivity contribution in [3.05, 3.63) is 29.3 Å². The second-order valence-corrected chi connectivity index (χ2v) is 7.45. The fourth-order valence-corrected chi connectivity index (χ4v) is 2.57. The van der Waals surface area contributed by atoms with E-state index in [4.69, 9.17) is 9.47 Å². The van der Waals surface area contributed by atoms with Gasteiger partial charge in [0.1, 0.15) is 12.4 Å². The number of nitrogens with one attached hydrogen (secondary N) is 3. The van der Waals surface area contributed by atoms with E-state index in [1.807, 2.05) is 53.7 Å². The number of nitrogens with zero attached hydrogens (tertiary/aromatic N) is 1. The van der Waals surface area contributed by atoms with Gasteiger partial charge >= 0.3 is 0 Å². The van der Waals surface area contributed by atoms with Crippen LogP contribution in [0.5, 0.6) is 5.75 Å². The highest BCUT2D eigenvalue weighted by atomic mass is 127. The summed E-state index contributed by atoms with van der Waals surface area (Å²) in [6, 6.07) is 6.12. The predicted octanol–water partition coefficient (Wildman–Crippen LogP) is 3.25. The average molecular weight is 534 g/mol. The highest BCUT2D eigenvalue weighted by Crippen LogP contribution is 2.21. The Labute approximate surface area is 198 Å². The molecule has 0 fully saturated rings. The van der Waals surface area contributed by atoms with Crippen LogP contribution in [-0.2, 0) is 16.1 Å². The van der Waals surface area contributed by atoms with Crippen LogP contribution in [0.15, 0.2) is 23.2 Å². The van der Waals surface area contributed by atoms with Gasteiger partial charge in [0.05, 0.1) is 18.6 Å². The molecule has 0 unspecified atom stereocenters. The molecule has 0 aliphatic heterocycles. The zero-order valence-electron chi connectivity index (χ0n) is 19.3. The minimum absolute atomic E-state index is 0. The third-order valence-electron chi connectivity index (χ3n) is 4.31. The summed E-state index contributed by atoms with van der Waals surface area (Å²) in [4.78, 5) is 16.9. The van der Waals surface area contributed by atoms with E-state index in [9.17, 15) is 4.79 Å². The highest BCUT2D eigenvalue weighted by molar-refractivity contribution is 14.0. The van der Waals surface area contributed by atoms with E-state index in [0.717, 1.165) is 23.4 Å². The number of halogens is 1. The van der Waals surface area contributed by atoms with E-state index >= 15 is 0 Å². The molecular weight excluding hydrogens is 495 g/mol. The Morgan fingerprint density at radius 2 is 1.77 bits per heavy atom. The van der Waals surface area contributed by atoms with Crippen molar-refractivity contribution in [3.8, 4) is 5.75 Å². The van der Waals surface area contributed by atoms with Gasteiger partial charge in [0.2, 0.25) is 5.91 Å².